The molecule has 6 nitrogen and oxygen atoms in total. The van der Waals surface area contributed by atoms with Gasteiger partial charge in [-0.3, -0.25) is 14.2 Å². The summed E-state index contributed by atoms with van der Waals surface area (Å²) in [5, 5.41) is 3.82. The Morgan fingerprint density at radius 2 is 1.66 bits per heavy atom. The van der Waals surface area contributed by atoms with Gasteiger partial charge in [0, 0.05) is 11.1 Å². The molecule has 1 amide bonds. The van der Waals surface area contributed by atoms with Crippen LogP contribution in [-0.2, 0) is 17.9 Å². The first-order valence-corrected chi connectivity index (χ1v) is 10.5. The topological polar surface area (TPSA) is 68.9 Å². The predicted molar refractivity (Wildman–Crippen MR) is 127 cm³/mol. The fraction of sp³-hybridized carbons (Fsp3) is 0.115. The molecular formula is C26H22N4O2. The number of hydrogen-bond acceptors (Lipinski definition) is 3. The summed E-state index contributed by atoms with van der Waals surface area (Å²) in [6.45, 7) is 2.38. The van der Waals surface area contributed by atoms with E-state index in [1.807, 2.05) is 85.8 Å². The van der Waals surface area contributed by atoms with Gasteiger partial charge in [0.15, 0.2) is 0 Å². The molecular weight excluding hydrogens is 400 g/mol. The number of amides is 1. The number of benzene rings is 3. The normalized spacial score (nSPS) is 11.2. The number of carbonyl (C=O) groups is 1. The third-order valence-electron chi connectivity index (χ3n) is 5.65. The molecule has 6 heteroatoms. The number of rotatable bonds is 5. The van der Waals surface area contributed by atoms with Gasteiger partial charge < -0.3 is 9.88 Å². The molecule has 0 aliphatic heterocycles. The summed E-state index contributed by atoms with van der Waals surface area (Å²) in [6.07, 6.45) is 1.59. The van der Waals surface area contributed by atoms with Crippen LogP contribution < -0.4 is 10.9 Å². The van der Waals surface area contributed by atoms with Crippen molar-refractivity contribution in [2.75, 3.05) is 5.32 Å². The average molecular weight is 422 g/mol. The molecule has 5 rings (SSSR count). The van der Waals surface area contributed by atoms with E-state index in [1.54, 1.807) is 15.5 Å². The lowest BCUT2D eigenvalue weighted by Gasteiger charge is -2.11. The van der Waals surface area contributed by atoms with Crippen LogP contribution in [0, 0.1) is 6.92 Å². The lowest BCUT2D eigenvalue weighted by molar-refractivity contribution is -0.116. The smallest absolute Gasteiger partial charge is 0.278 e. The molecule has 0 saturated heterocycles. The maximum atomic E-state index is 13.5. The Balaban J connectivity index is 1.60. The Hall–Kier alpha value is -4.19. The third kappa shape index (κ3) is 3.56. The average Bonchev–Trinajstić information content (AvgIpc) is 3.12. The highest BCUT2D eigenvalue weighted by Crippen LogP contribution is 2.25. The molecule has 3 aromatic carbocycles. The van der Waals surface area contributed by atoms with Crippen LogP contribution in [0.15, 0.2) is 90.0 Å². The third-order valence-corrected chi connectivity index (χ3v) is 5.65. The van der Waals surface area contributed by atoms with Crippen molar-refractivity contribution in [2.45, 2.75) is 20.0 Å². The minimum atomic E-state index is -0.195. The summed E-state index contributed by atoms with van der Waals surface area (Å²) < 4.78 is 3.36. The van der Waals surface area contributed by atoms with Crippen molar-refractivity contribution in [1.29, 1.82) is 0 Å². The summed E-state index contributed by atoms with van der Waals surface area (Å²) in [7, 11) is 0. The van der Waals surface area contributed by atoms with Crippen LogP contribution in [0.25, 0.3) is 21.9 Å². The number of nitrogens with zero attached hydrogens (tertiary/aromatic N) is 3. The number of nitrogens with one attached hydrogen (secondary N) is 1. The highest BCUT2D eigenvalue weighted by atomic mass is 16.2. The lowest BCUT2D eigenvalue weighted by Crippen LogP contribution is -2.25. The number of hydrogen-bond donors (Lipinski definition) is 1. The Morgan fingerprint density at radius 1 is 0.938 bits per heavy atom. The SMILES string of the molecule is Cc1ccccc1NC(=O)Cn1c2ccccc2c2ncn(Cc3ccccc3)c(=O)c21. The maximum absolute atomic E-state index is 13.5. The molecule has 0 unspecified atom stereocenters. The Labute approximate surface area is 184 Å². The van der Waals surface area contributed by atoms with Gasteiger partial charge in [-0.2, -0.15) is 0 Å². The van der Waals surface area contributed by atoms with Crippen molar-refractivity contribution in [3.8, 4) is 0 Å². The summed E-state index contributed by atoms with van der Waals surface area (Å²) in [5.41, 5.74) is 4.44. The van der Waals surface area contributed by atoms with Gasteiger partial charge in [0.25, 0.3) is 5.56 Å². The van der Waals surface area contributed by atoms with Crippen LogP contribution in [0.2, 0.25) is 0 Å². The summed E-state index contributed by atoms with van der Waals surface area (Å²) in [6, 6.07) is 25.1. The van der Waals surface area contributed by atoms with Crippen molar-refractivity contribution >= 4 is 33.5 Å². The molecule has 1 N–H and O–H groups in total. The number of anilines is 1. The van der Waals surface area contributed by atoms with E-state index < -0.39 is 0 Å². The number of fused-ring (bicyclic) bond motifs is 3. The molecule has 0 bridgehead atoms. The van der Waals surface area contributed by atoms with Crippen molar-refractivity contribution < 1.29 is 4.79 Å². The van der Waals surface area contributed by atoms with Crippen LogP contribution in [0.1, 0.15) is 11.1 Å². The molecule has 2 heterocycles. The molecule has 0 aliphatic carbocycles. The van der Waals surface area contributed by atoms with Crippen LogP contribution in [0.3, 0.4) is 0 Å². The lowest BCUT2D eigenvalue weighted by atomic mass is 10.2. The van der Waals surface area contributed by atoms with Gasteiger partial charge in [-0.25, -0.2) is 4.98 Å². The zero-order valence-electron chi connectivity index (χ0n) is 17.7. The molecule has 5 aromatic rings. The van der Waals surface area contributed by atoms with Gasteiger partial charge in [-0.1, -0.05) is 66.7 Å². The van der Waals surface area contributed by atoms with Crippen LogP contribution in [0.5, 0.6) is 0 Å². The monoisotopic (exact) mass is 422 g/mol. The van der Waals surface area contributed by atoms with Gasteiger partial charge in [0.05, 0.1) is 18.4 Å². The minimum Gasteiger partial charge on any atom is -0.325 e. The summed E-state index contributed by atoms with van der Waals surface area (Å²) in [5.74, 6) is -0.195. The fourth-order valence-electron chi connectivity index (χ4n) is 4.05. The summed E-state index contributed by atoms with van der Waals surface area (Å²) in [4.78, 5) is 31.0. The van der Waals surface area contributed by atoms with E-state index in [-0.39, 0.29) is 18.0 Å². The first kappa shape index (κ1) is 19.8. The molecule has 158 valence electrons. The van der Waals surface area contributed by atoms with Crippen LogP contribution in [-0.4, -0.2) is 20.0 Å². The highest BCUT2D eigenvalue weighted by molar-refractivity contribution is 6.06. The Kier molecular flexibility index (Phi) is 5.03. The van der Waals surface area contributed by atoms with E-state index in [0.29, 0.717) is 17.6 Å². The predicted octanol–water partition coefficient (Wildman–Crippen LogP) is 4.35. The first-order valence-electron chi connectivity index (χ1n) is 10.5. The molecule has 0 radical (unpaired) electrons. The van der Waals surface area contributed by atoms with Gasteiger partial charge in [0.1, 0.15) is 17.6 Å². The molecule has 0 spiro atoms. The van der Waals surface area contributed by atoms with E-state index in [0.717, 1.165) is 27.7 Å². The Bertz CT molecular complexity index is 1500. The first-order chi connectivity index (χ1) is 15.6. The van der Waals surface area contributed by atoms with E-state index in [1.165, 1.54) is 0 Å². The quantitative estimate of drug-likeness (QED) is 0.458. The van der Waals surface area contributed by atoms with E-state index in [9.17, 15) is 9.59 Å². The van der Waals surface area contributed by atoms with Crippen molar-refractivity contribution in [2.24, 2.45) is 0 Å². The van der Waals surface area contributed by atoms with Gasteiger partial charge in [0.2, 0.25) is 5.91 Å². The van der Waals surface area contributed by atoms with Gasteiger partial charge in [-0.05, 0) is 30.2 Å². The van der Waals surface area contributed by atoms with Crippen molar-refractivity contribution in [1.82, 2.24) is 14.1 Å². The fourth-order valence-corrected chi connectivity index (χ4v) is 4.05. The van der Waals surface area contributed by atoms with Gasteiger partial charge >= 0.3 is 0 Å². The highest BCUT2D eigenvalue weighted by Gasteiger charge is 2.18. The van der Waals surface area contributed by atoms with Crippen LogP contribution in [0.4, 0.5) is 5.69 Å². The number of para-hydroxylation sites is 2. The summed E-state index contributed by atoms with van der Waals surface area (Å²) >= 11 is 0. The molecule has 2 aromatic heterocycles. The minimum absolute atomic E-state index is 0.0185. The molecule has 32 heavy (non-hydrogen) atoms. The van der Waals surface area contributed by atoms with Crippen molar-refractivity contribution in [3.63, 3.8) is 0 Å². The standard InChI is InChI=1S/C26H22N4O2/c1-18-9-5-7-13-21(18)28-23(31)16-30-22-14-8-6-12-20(22)24-25(30)26(32)29(17-27-24)15-19-10-3-2-4-11-19/h2-14,17H,15-16H2,1H3,(H,28,31). The second-order valence-electron chi connectivity index (χ2n) is 7.83. The van der Waals surface area contributed by atoms with Crippen molar-refractivity contribution in [3.05, 3.63) is 107 Å². The zero-order valence-corrected chi connectivity index (χ0v) is 17.7. The number of aryl methyl sites for hydroxylation is 1. The second kappa shape index (κ2) is 8.15. The van der Waals surface area contributed by atoms with Crippen LogP contribution >= 0.6 is 0 Å². The maximum Gasteiger partial charge on any atom is 0.278 e. The van der Waals surface area contributed by atoms with E-state index >= 15 is 0 Å². The molecule has 0 fully saturated rings. The molecule has 0 aliphatic rings. The van der Waals surface area contributed by atoms with Gasteiger partial charge in [-0.15, -0.1) is 0 Å². The zero-order chi connectivity index (χ0) is 22.1. The van der Waals surface area contributed by atoms with E-state index in [4.69, 9.17) is 0 Å². The number of aromatic nitrogens is 3. The number of carbonyl (C=O) groups excluding carboxylic acids is 1. The Morgan fingerprint density at radius 3 is 2.47 bits per heavy atom. The largest absolute Gasteiger partial charge is 0.325 e. The second-order valence-corrected chi connectivity index (χ2v) is 7.83. The molecule has 0 atom stereocenters. The van der Waals surface area contributed by atoms with E-state index in [2.05, 4.69) is 10.3 Å². The molecule has 0 saturated carbocycles.